The topological polar surface area (TPSA) is 63.8 Å². The van der Waals surface area contributed by atoms with E-state index in [0.717, 1.165) is 18.7 Å². The zero-order valence-electron chi connectivity index (χ0n) is 11.0. The number of anilines is 1. The molecule has 0 saturated heterocycles. The fraction of sp³-hybridized carbons (Fsp3) is 0.692. The number of aryl methyl sites for hydroxylation is 1. The molecule has 0 spiro atoms. The Bertz CT molecular complexity index is 402. The molecule has 1 heterocycles. The highest BCUT2D eigenvalue weighted by atomic mass is 15.1. The first kappa shape index (κ1) is 12.3. The molecule has 4 heteroatoms. The Hall–Kier alpha value is -1.16. The van der Waals surface area contributed by atoms with Crippen molar-refractivity contribution in [2.24, 2.45) is 11.7 Å². The zero-order chi connectivity index (χ0) is 12.5. The third kappa shape index (κ3) is 2.27. The first-order valence-corrected chi connectivity index (χ1v) is 6.38. The van der Waals surface area contributed by atoms with Crippen molar-refractivity contribution in [3.63, 3.8) is 0 Å². The van der Waals surface area contributed by atoms with Crippen LogP contribution < -0.4 is 11.1 Å². The van der Waals surface area contributed by atoms with Gasteiger partial charge >= 0.3 is 0 Å². The highest BCUT2D eigenvalue weighted by Crippen LogP contribution is 2.28. The van der Waals surface area contributed by atoms with E-state index in [4.69, 9.17) is 5.73 Å². The lowest BCUT2D eigenvalue weighted by Crippen LogP contribution is -2.47. The SMILES string of the molecule is CC(C)C(C)(CN)Nc1ncnc2c1CCC2. The summed E-state index contributed by atoms with van der Waals surface area (Å²) in [6, 6.07) is 0. The van der Waals surface area contributed by atoms with Crippen molar-refractivity contribution < 1.29 is 0 Å². The monoisotopic (exact) mass is 234 g/mol. The van der Waals surface area contributed by atoms with E-state index in [1.807, 2.05) is 0 Å². The molecule has 4 nitrogen and oxygen atoms in total. The predicted molar refractivity (Wildman–Crippen MR) is 70.0 cm³/mol. The molecule has 1 unspecified atom stereocenters. The molecule has 0 saturated carbocycles. The molecule has 3 N–H and O–H groups in total. The van der Waals surface area contributed by atoms with Gasteiger partial charge < -0.3 is 11.1 Å². The lowest BCUT2D eigenvalue weighted by Gasteiger charge is -2.34. The highest BCUT2D eigenvalue weighted by molar-refractivity contribution is 5.49. The predicted octanol–water partition coefficient (Wildman–Crippen LogP) is 1.75. The molecule has 1 aromatic rings. The van der Waals surface area contributed by atoms with Gasteiger partial charge in [-0.25, -0.2) is 9.97 Å². The Morgan fingerprint density at radius 3 is 2.82 bits per heavy atom. The Kier molecular flexibility index (Phi) is 3.33. The Labute approximate surface area is 103 Å². The molecule has 1 aliphatic carbocycles. The van der Waals surface area contributed by atoms with Crippen molar-refractivity contribution in [3.05, 3.63) is 17.6 Å². The molecule has 2 rings (SSSR count). The quantitative estimate of drug-likeness (QED) is 0.833. The molecule has 17 heavy (non-hydrogen) atoms. The summed E-state index contributed by atoms with van der Waals surface area (Å²) >= 11 is 0. The smallest absolute Gasteiger partial charge is 0.133 e. The van der Waals surface area contributed by atoms with Crippen molar-refractivity contribution in [1.82, 2.24) is 9.97 Å². The Balaban J connectivity index is 2.27. The van der Waals surface area contributed by atoms with Gasteiger partial charge in [0.25, 0.3) is 0 Å². The van der Waals surface area contributed by atoms with E-state index in [1.165, 1.54) is 17.7 Å². The summed E-state index contributed by atoms with van der Waals surface area (Å²) in [6.07, 6.45) is 5.00. The molecule has 94 valence electrons. The van der Waals surface area contributed by atoms with E-state index >= 15 is 0 Å². The van der Waals surface area contributed by atoms with Crippen LogP contribution in [0.3, 0.4) is 0 Å². The van der Waals surface area contributed by atoms with Gasteiger partial charge in [-0.1, -0.05) is 13.8 Å². The second kappa shape index (κ2) is 4.61. The van der Waals surface area contributed by atoms with Gasteiger partial charge in [-0.15, -0.1) is 0 Å². The van der Waals surface area contributed by atoms with E-state index in [-0.39, 0.29) is 5.54 Å². The maximum Gasteiger partial charge on any atom is 0.133 e. The lowest BCUT2D eigenvalue weighted by atomic mass is 9.88. The molecule has 0 aromatic carbocycles. The Morgan fingerprint density at radius 1 is 1.41 bits per heavy atom. The molecule has 0 bridgehead atoms. The van der Waals surface area contributed by atoms with E-state index in [2.05, 4.69) is 36.1 Å². The van der Waals surface area contributed by atoms with Gasteiger partial charge in [0, 0.05) is 17.8 Å². The minimum atomic E-state index is -0.106. The fourth-order valence-corrected chi connectivity index (χ4v) is 2.17. The first-order chi connectivity index (χ1) is 8.07. The number of hydrogen-bond acceptors (Lipinski definition) is 4. The number of rotatable bonds is 4. The summed E-state index contributed by atoms with van der Waals surface area (Å²) in [5.74, 6) is 1.44. The first-order valence-electron chi connectivity index (χ1n) is 6.38. The van der Waals surface area contributed by atoms with Crippen LogP contribution in [0.5, 0.6) is 0 Å². The highest BCUT2D eigenvalue weighted by Gasteiger charge is 2.29. The van der Waals surface area contributed by atoms with Crippen molar-refractivity contribution >= 4 is 5.82 Å². The van der Waals surface area contributed by atoms with Crippen LogP contribution in [0.2, 0.25) is 0 Å². The van der Waals surface area contributed by atoms with Gasteiger partial charge in [0.1, 0.15) is 12.1 Å². The summed E-state index contributed by atoms with van der Waals surface area (Å²) in [5, 5.41) is 3.53. The largest absolute Gasteiger partial charge is 0.363 e. The van der Waals surface area contributed by atoms with Gasteiger partial charge in [0.2, 0.25) is 0 Å². The van der Waals surface area contributed by atoms with Crippen LogP contribution in [-0.2, 0) is 12.8 Å². The van der Waals surface area contributed by atoms with Gasteiger partial charge in [0.05, 0.1) is 5.54 Å². The van der Waals surface area contributed by atoms with Crippen molar-refractivity contribution in [2.75, 3.05) is 11.9 Å². The van der Waals surface area contributed by atoms with E-state index in [1.54, 1.807) is 6.33 Å². The number of hydrogen-bond donors (Lipinski definition) is 2. The summed E-state index contributed by atoms with van der Waals surface area (Å²) in [6.45, 7) is 7.12. The van der Waals surface area contributed by atoms with Crippen LogP contribution in [0.4, 0.5) is 5.82 Å². The maximum atomic E-state index is 5.90. The van der Waals surface area contributed by atoms with Crippen LogP contribution in [0.15, 0.2) is 6.33 Å². The van der Waals surface area contributed by atoms with Crippen LogP contribution in [0, 0.1) is 5.92 Å². The van der Waals surface area contributed by atoms with Crippen LogP contribution >= 0.6 is 0 Å². The van der Waals surface area contributed by atoms with E-state index < -0.39 is 0 Å². The third-order valence-electron chi connectivity index (χ3n) is 3.98. The number of nitrogens with two attached hydrogens (primary N) is 1. The van der Waals surface area contributed by atoms with Crippen LogP contribution in [0.1, 0.15) is 38.4 Å². The van der Waals surface area contributed by atoms with Gasteiger partial charge in [-0.05, 0) is 32.1 Å². The molecule has 1 aromatic heterocycles. The maximum absolute atomic E-state index is 5.90. The number of aromatic nitrogens is 2. The number of nitrogens with one attached hydrogen (secondary N) is 1. The van der Waals surface area contributed by atoms with Crippen molar-refractivity contribution in [1.29, 1.82) is 0 Å². The standard InChI is InChI=1S/C13H22N4/c1-9(2)13(3,7-14)17-12-10-5-4-6-11(10)15-8-16-12/h8-9H,4-7,14H2,1-3H3,(H,15,16,17). The molecule has 1 aliphatic rings. The molecular formula is C13H22N4. The summed E-state index contributed by atoms with van der Waals surface area (Å²) in [7, 11) is 0. The molecular weight excluding hydrogens is 212 g/mol. The van der Waals surface area contributed by atoms with Gasteiger partial charge in [-0.2, -0.15) is 0 Å². The summed E-state index contributed by atoms with van der Waals surface area (Å²) in [4.78, 5) is 8.73. The normalized spacial score (nSPS) is 17.9. The minimum Gasteiger partial charge on any atom is -0.363 e. The van der Waals surface area contributed by atoms with Crippen molar-refractivity contribution in [2.45, 2.75) is 45.6 Å². The van der Waals surface area contributed by atoms with Crippen LogP contribution in [-0.4, -0.2) is 22.1 Å². The average molecular weight is 234 g/mol. The molecule has 0 fully saturated rings. The summed E-state index contributed by atoms with van der Waals surface area (Å²) in [5.41, 5.74) is 8.27. The number of nitrogens with zero attached hydrogens (tertiary/aromatic N) is 2. The van der Waals surface area contributed by atoms with E-state index in [9.17, 15) is 0 Å². The van der Waals surface area contributed by atoms with Crippen LogP contribution in [0.25, 0.3) is 0 Å². The molecule has 1 atom stereocenters. The minimum absolute atomic E-state index is 0.106. The van der Waals surface area contributed by atoms with Gasteiger partial charge in [-0.3, -0.25) is 0 Å². The second-order valence-electron chi connectivity index (χ2n) is 5.40. The van der Waals surface area contributed by atoms with Gasteiger partial charge in [0.15, 0.2) is 0 Å². The molecule has 0 amide bonds. The lowest BCUT2D eigenvalue weighted by molar-refractivity contribution is 0.381. The zero-order valence-corrected chi connectivity index (χ0v) is 11.0. The third-order valence-corrected chi connectivity index (χ3v) is 3.98. The fourth-order valence-electron chi connectivity index (χ4n) is 2.17. The number of fused-ring (bicyclic) bond motifs is 1. The molecule has 0 aliphatic heterocycles. The van der Waals surface area contributed by atoms with Crippen molar-refractivity contribution in [3.8, 4) is 0 Å². The van der Waals surface area contributed by atoms with E-state index in [0.29, 0.717) is 12.5 Å². The average Bonchev–Trinajstić information content (AvgIpc) is 2.77. The Morgan fingerprint density at radius 2 is 2.18 bits per heavy atom. The summed E-state index contributed by atoms with van der Waals surface area (Å²) < 4.78 is 0. The second-order valence-corrected chi connectivity index (χ2v) is 5.40. The molecule has 0 radical (unpaired) electrons.